The fourth-order valence-corrected chi connectivity index (χ4v) is 2.93. The number of carboxylic acids is 1. The smallest absolute Gasteiger partial charge is 0.306 e. The molecule has 0 aliphatic heterocycles. The molecule has 0 heterocycles. The average Bonchev–Trinajstić information content (AvgIpc) is 2.15. The Morgan fingerprint density at radius 1 is 1.29 bits per heavy atom. The van der Waals surface area contributed by atoms with Gasteiger partial charge < -0.3 is 5.11 Å². The molecule has 2 unspecified atom stereocenters. The Morgan fingerprint density at radius 2 is 1.88 bits per heavy atom. The summed E-state index contributed by atoms with van der Waals surface area (Å²) >= 11 is 0. The van der Waals surface area contributed by atoms with Crippen molar-refractivity contribution in [2.45, 2.75) is 52.5 Å². The van der Waals surface area contributed by atoms with Gasteiger partial charge in [0.2, 0.25) is 10.0 Å². The molecule has 0 amide bonds. The molecule has 0 aromatic heterocycles. The Bertz CT molecular complexity index is 326. The van der Waals surface area contributed by atoms with Crippen LogP contribution in [0.2, 0.25) is 0 Å². The van der Waals surface area contributed by atoms with Crippen LogP contribution in [0.5, 0.6) is 0 Å². The predicted octanol–water partition coefficient (Wildman–Crippen LogP) is 1.60. The van der Waals surface area contributed by atoms with Gasteiger partial charge >= 0.3 is 5.97 Å². The zero-order valence-corrected chi connectivity index (χ0v) is 11.6. The van der Waals surface area contributed by atoms with Gasteiger partial charge in [-0.15, -0.1) is 0 Å². The highest BCUT2D eigenvalue weighted by Crippen LogP contribution is 2.10. The summed E-state index contributed by atoms with van der Waals surface area (Å²) in [5.41, 5.74) is 0. The third kappa shape index (κ3) is 8.15. The van der Waals surface area contributed by atoms with Crippen LogP contribution in [0.4, 0.5) is 0 Å². The summed E-state index contributed by atoms with van der Waals surface area (Å²) in [7, 11) is -3.16. The standard InChI is InChI=1S/C11H23NO4S/c1-4-8-17(15,16)12-10(3)7-5-6-9(2)11(13)14/h9-10,12H,4-8H2,1-3H3,(H,13,14). The van der Waals surface area contributed by atoms with Crippen molar-refractivity contribution in [1.29, 1.82) is 0 Å². The molecule has 0 aliphatic rings. The molecule has 6 heteroatoms. The normalized spacial score (nSPS) is 15.5. The molecule has 2 atom stereocenters. The lowest BCUT2D eigenvalue weighted by Gasteiger charge is -2.14. The van der Waals surface area contributed by atoms with Crippen LogP contribution >= 0.6 is 0 Å². The summed E-state index contributed by atoms with van der Waals surface area (Å²) in [6.45, 7) is 5.28. The Kier molecular flexibility index (Phi) is 7.38. The zero-order valence-electron chi connectivity index (χ0n) is 10.8. The number of carboxylic acid groups (broad SMARTS) is 1. The highest BCUT2D eigenvalue weighted by Gasteiger charge is 2.15. The second-order valence-electron chi connectivity index (χ2n) is 4.51. The molecular weight excluding hydrogens is 242 g/mol. The minimum Gasteiger partial charge on any atom is -0.481 e. The molecule has 0 spiro atoms. The van der Waals surface area contributed by atoms with Crippen LogP contribution in [0.15, 0.2) is 0 Å². The van der Waals surface area contributed by atoms with Crippen LogP contribution < -0.4 is 4.72 Å². The zero-order chi connectivity index (χ0) is 13.5. The van der Waals surface area contributed by atoms with E-state index in [1.165, 1.54) is 0 Å². The van der Waals surface area contributed by atoms with Gasteiger partial charge in [0.1, 0.15) is 0 Å². The molecule has 0 aromatic carbocycles. The Balaban J connectivity index is 3.88. The van der Waals surface area contributed by atoms with Gasteiger partial charge in [0, 0.05) is 6.04 Å². The van der Waals surface area contributed by atoms with Crippen molar-refractivity contribution in [3.05, 3.63) is 0 Å². The highest BCUT2D eigenvalue weighted by atomic mass is 32.2. The van der Waals surface area contributed by atoms with Gasteiger partial charge in [-0.1, -0.05) is 20.3 Å². The van der Waals surface area contributed by atoms with Crippen LogP contribution in [0.1, 0.15) is 46.5 Å². The minimum absolute atomic E-state index is 0.132. The molecule has 0 rings (SSSR count). The molecule has 2 N–H and O–H groups in total. The number of nitrogens with one attached hydrogen (secondary N) is 1. The van der Waals surface area contributed by atoms with Crippen molar-refractivity contribution in [1.82, 2.24) is 4.72 Å². The van der Waals surface area contributed by atoms with E-state index in [9.17, 15) is 13.2 Å². The molecule has 17 heavy (non-hydrogen) atoms. The van der Waals surface area contributed by atoms with E-state index >= 15 is 0 Å². The molecular formula is C11H23NO4S. The third-order valence-corrected chi connectivity index (χ3v) is 4.26. The molecule has 0 aliphatic carbocycles. The number of hydrogen-bond donors (Lipinski definition) is 2. The van der Waals surface area contributed by atoms with Gasteiger partial charge in [0.25, 0.3) is 0 Å². The van der Waals surface area contributed by atoms with Crippen molar-refractivity contribution in [3.63, 3.8) is 0 Å². The molecule has 0 bridgehead atoms. The van der Waals surface area contributed by atoms with Gasteiger partial charge in [0.05, 0.1) is 11.7 Å². The SMILES string of the molecule is CCCS(=O)(=O)NC(C)CCCC(C)C(=O)O. The van der Waals surface area contributed by atoms with Crippen molar-refractivity contribution in [3.8, 4) is 0 Å². The summed E-state index contributed by atoms with van der Waals surface area (Å²) in [5.74, 6) is -1.03. The Morgan fingerprint density at radius 3 is 2.35 bits per heavy atom. The van der Waals surface area contributed by atoms with Crippen LogP contribution in [-0.4, -0.2) is 31.3 Å². The van der Waals surface area contributed by atoms with E-state index in [1.54, 1.807) is 13.8 Å². The van der Waals surface area contributed by atoms with Crippen LogP contribution in [0.25, 0.3) is 0 Å². The number of aliphatic carboxylic acids is 1. The number of carbonyl (C=O) groups is 1. The van der Waals surface area contributed by atoms with Gasteiger partial charge in [-0.3, -0.25) is 4.79 Å². The fourth-order valence-electron chi connectivity index (χ4n) is 1.55. The Labute approximate surface area is 104 Å². The largest absolute Gasteiger partial charge is 0.481 e. The summed E-state index contributed by atoms with van der Waals surface area (Å²) in [5, 5.41) is 8.69. The van der Waals surface area contributed by atoms with Gasteiger partial charge in [-0.25, -0.2) is 13.1 Å². The van der Waals surface area contributed by atoms with E-state index in [-0.39, 0.29) is 17.7 Å². The van der Waals surface area contributed by atoms with E-state index in [2.05, 4.69) is 4.72 Å². The van der Waals surface area contributed by atoms with E-state index in [0.29, 0.717) is 25.7 Å². The first-order chi connectivity index (χ1) is 7.78. The maximum atomic E-state index is 11.4. The first-order valence-electron chi connectivity index (χ1n) is 6.01. The monoisotopic (exact) mass is 265 g/mol. The number of sulfonamides is 1. The second-order valence-corrected chi connectivity index (χ2v) is 6.38. The van der Waals surface area contributed by atoms with Gasteiger partial charge in [0.15, 0.2) is 0 Å². The van der Waals surface area contributed by atoms with Crippen LogP contribution in [0, 0.1) is 5.92 Å². The van der Waals surface area contributed by atoms with Crippen LogP contribution in [-0.2, 0) is 14.8 Å². The molecule has 0 fully saturated rings. The lowest BCUT2D eigenvalue weighted by Crippen LogP contribution is -2.34. The molecule has 0 saturated heterocycles. The maximum Gasteiger partial charge on any atom is 0.306 e. The van der Waals surface area contributed by atoms with Crippen molar-refractivity contribution in [2.24, 2.45) is 5.92 Å². The lowest BCUT2D eigenvalue weighted by molar-refractivity contribution is -0.141. The van der Waals surface area contributed by atoms with Crippen molar-refractivity contribution < 1.29 is 18.3 Å². The first-order valence-corrected chi connectivity index (χ1v) is 7.66. The summed E-state index contributed by atoms with van der Waals surface area (Å²) < 4.78 is 25.5. The van der Waals surface area contributed by atoms with E-state index in [4.69, 9.17) is 5.11 Å². The first kappa shape index (κ1) is 16.4. The lowest BCUT2D eigenvalue weighted by atomic mass is 10.0. The predicted molar refractivity (Wildman–Crippen MR) is 67.3 cm³/mol. The topological polar surface area (TPSA) is 83.5 Å². The fraction of sp³-hybridized carbons (Fsp3) is 0.909. The summed E-state index contributed by atoms with van der Waals surface area (Å²) in [4.78, 5) is 10.6. The van der Waals surface area contributed by atoms with Crippen LogP contribution in [0.3, 0.4) is 0 Å². The van der Waals surface area contributed by atoms with E-state index < -0.39 is 16.0 Å². The van der Waals surface area contributed by atoms with Crippen molar-refractivity contribution >= 4 is 16.0 Å². The molecule has 0 aromatic rings. The molecule has 0 radical (unpaired) electrons. The minimum atomic E-state index is -3.16. The molecule has 102 valence electrons. The third-order valence-electron chi connectivity index (χ3n) is 2.55. The number of hydrogen-bond acceptors (Lipinski definition) is 3. The number of rotatable bonds is 9. The average molecular weight is 265 g/mol. The summed E-state index contributed by atoms with van der Waals surface area (Å²) in [6, 6.07) is -0.132. The Hall–Kier alpha value is -0.620. The van der Waals surface area contributed by atoms with E-state index in [1.807, 2.05) is 6.92 Å². The van der Waals surface area contributed by atoms with Crippen molar-refractivity contribution in [2.75, 3.05) is 5.75 Å². The van der Waals surface area contributed by atoms with Gasteiger partial charge in [-0.05, 0) is 26.2 Å². The second kappa shape index (κ2) is 7.66. The maximum absolute atomic E-state index is 11.4. The van der Waals surface area contributed by atoms with Gasteiger partial charge in [-0.2, -0.15) is 0 Å². The molecule has 0 saturated carbocycles. The summed E-state index contributed by atoms with van der Waals surface area (Å²) in [6.07, 6.45) is 2.55. The highest BCUT2D eigenvalue weighted by molar-refractivity contribution is 7.89. The quantitative estimate of drug-likeness (QED) is 0.663. The van der Waals surface area contributed by atoms with E-state index in [0.717, 1.165) is 0 Å². The molecule has 5 nitrogen and oxygen atoms in total.